The van der Waals surface area contributed by atoms with E-state index in [-0.39, 0.29) is 6.16 Å². The van der Waals surface area contributed by atoms with E-state index in [2.05, 4.69) is 8.62 Å². The van der Waals surface area contributed by atoms with Gasteiger partial charge in [-0.1, -0.05) is 6.92 Å². The van der Waals surface area contributed by atoms with Crippen molar-refractivity contribution in [2.24, 2.45) is 0 Å². The molecule has 0 amide bonds. The fourth-order valence-electron chi connectivity index (χ4n) is 0.539. The Balaban J connectivity index is 4.35. The van der Waals surface area contributed by atoms with Crippen molar-refractivity contribution in [1.29, 1.82) is 0 Å². The SMILES string of the molecule is CCP(=O)(O[PH](C)=O)O[PH](C)=O. The Morgan fingerprint density at radius 1 is 1.17 bits per heavy atom. The molecule has 0 heterocycles. The summed E-state index contributed by atoms with van der Waals surface area (Å²) in [6, 6.07) is 0. The maximum Gasteiger partial charge on any atom is 0.341 e. The van der Waals surface area contributed by atoms with Gasteiger partial charge in [0.2, 0.25) is 0 Å². The lowest BCUT2D eigenvalue weighted by Gasteiger charge is -2.13. The average molecular weight is 234 g/mol. The van der Waals surface area contributed by atoms with Gasteiger partial charge in [-0.05, 0) is 0 Å². The molecule has 12 heavy (non-hydrogen) atoms. The minimum absolute atomic E-state index is 0.0848. The predicted molar refractivity (Wildman–Crippen MR) is 50.2 cm³/mol. The van der Waals surface area contributed by atoms with Crippen LogP contribution in [0.3, 0.4) is 0 Å². The maximum absolute atomic E-state index is 11.4. The van der Waals surface area contributed by atoms with Crippen molar-refractivity contribution in [1.82, 2.24) is 0 Å². The Morgan fingerprint density at radius 2 is 1.50 bits per heavy atom. The molecule has 0 saturated heterocycles. The summed E-state index contributed by atoms with van der Waals surface area (Å²) in [6.45, 7) is 4.18. The quantitative estimate of drug-likeness (QED) is 0.683. The van der Waals surface area contributed by atoms with Crippen LogP contribution in [0.15, 0.2) is 0 Å². The first-order chi connectivity index (χ1) is 5.39. The molecular formula is C4H13O5P3. The molecule has 0 aromatic carbocycles. The molecule has 0 aliphatic heterocycles. The lowest BCUT2D eigenvalue weighted by molar-refractivity contribution is 0.396. The molecule has 8 heteroatoms. The highest BCUT2D eigenvalue weighted by atomic mass is 31.3. The third-order valence-electron chi connectivity index (χ3n) is 0.923. The molecule has 0 aromatic rings. The van der Waals surface area contributed by atoms with E-state index in [4.69, 9.17) is 0 Å². The van der Waals surface area contributed by atoms with E-state index in [9.17, 15) is 13.7 Å². The fraction of sp³-hybridized carbons (Fsp3) is 1.00. The Morgan fingerprint density at radius 3 is 1.67 bits per heavy atom. The smallest absolute Gasteiger partial charge is 0.296 e. The molecule has 0 bridgehead atoms. The van der Waals surface area contributed by atoms with E-state index in [1.807, 2.05) is 0 Å². The molecule has 0 N–H and O–H groups in total. The maximum atomic E-state index is 11.4. The second kappa shape index (κ2) is 5.36. The van der Waals surface area contributed by atoms with Gasteiger partial charge >= 0.3 is 7.60 Å². The van der Waals surface area contributed by atoms with Gasteiger partial charge < -0.3 is 0 Å². The standard InChI is InChI=1S/C4H13O5P3/c1-4-12(7,8-10(2)5)9-11(3)6/h10-11H,4H2,1-3H3. The van der Waals surface area contributed by atoms with E-state index in [0.29, 0.717) is 0 Å². The lowest BCUT2D eigenvalue weighted by atomic mass is 11.0. The van der Waals surface area contributed by atoms with Gasteiger partial charge in [0.25, 0.3) is 0 Å². The fourth-order valence-corrected chi connectivity index (χ4v) is 5.19. The summed E-state index contributed by atoms with van der Waals surface area (Å²) in [6.07, 6.45) is 0.0848. The topological polar surface area (TPSA) is 69.7 Å². The molecule has 74 valence electrons. The van der Waals surface area contributed by atoms with Gasteiger partial charge in [-0.2, -0.15) is 0 Å². The van der Waals surface area contributed by atoms with Crippen molar-refractivity contribution in [3.63, 3.8) is 0 Å². The van der Waals surface area contributed by atoms with Crippen molar-refractivity contribution >= 4 is 23.7 Å². The second-order valence-electron chi connectivity index (χ2n) is 2.09. The van der Waals surface area contributed by atoms with Gasteiger partial charge in [0, 0.05) is 19.5 Å². The summed E-state index contributed by atoms with van der Waals surface area (Å²) in [5.74, 6) is 0. The van der Waals surface area contributed by atoms with Crippen molar-refractivity contribution in [2.75, 3.05) is 19.5 Å². The number of hydrogen-bond acceptors (Lipinski definition) is 5. The molecule has 2 unspecified atom stereocenters. The van der Waals surface area contributed by atoms with Gasteiger partial charge in [-0.15, -0.1) is 0 Å². The molecule has 0 aliphatic rings. The minimum atomic E-state index is -3.35. The van der Waals surface area contributed by atoms with Gasteiger partial charge in [0.05, 0.1) is 0 Å². The van der Waals surface area contributed by atoms with Crippen LogP contribution in [0.4, 0.5) is 0 Å². The first-order valence-electron chi connectivity index (χ1n) is 3.39. The molecule has 0 radical (unpaired) electrons. The third kappa shape index (κ3) is 5.29. The highest BCUT2D eigenvalue weighted by Gasteiger charge is 2.24. The van der Waals surface area contributed by atoms with Crippen LogP contribution in [-0.4, -0.2) is 19.5 Å². The summed E-state index contributed by atoms with van der Waals surface area (Å²) in [5.41, 5.74) is 0. The van der Waals surface area contributed by atoms with Crippen molar-refractivity contribution < 1.29 is 22.3 Å². The van der Waals surface area contributed by atoms with Gasteiger partial charge in [0.1, 0.15) is 0 Å². The molecule has 0 saturated carbocycles. The van der Waals surface area contributed by atoms with Crippen LogP contribution in [0.25, 0.3) is 0 Å². The molecule has 5 nitrogen and oxygen atoms in total. The van der Waals surface area contributed by atoms with Crippen LogP contribution in [-0.2, 0) is 22.3 Å². The highest BCUT2D eigenvalue weighted by molar-refractivity contribution is 7.66. The first kappa shape index (κ1) is 12.6. The third-order valence-corrected chi connectivity index (χ3v) is 5.98. The first-order valence-corrected chi connectivity index (χ1v) is 8.75. The highest BCUT2D eigenvalue weighted by Crippen LogP contribution is 2.59. The van der Waals surface area contributed by atoms with Gasteiger partial charge in [-0.3, -0.25) is 22.3 Å². The Kier molecular flexibility index (Phi) is 5.64. The molecule has 0 aliphatic carbocycles. The largest absolute Gasteiger partial charge is 0.341 e. The lowest BCUT2D eigenvalue weighted by Crippen LogP contribution is -1.87. The molecule has 0 fully saturated rings. The summed E-state index contributed by atoms with van der Waals surface area (Å²) in [4.78, 5) is 0. The molecule has 2 atom stereocenters. The number of rotatable bonds is 5. The van der Waals surface area contributed by atoms with Crippen molar-refractivity contribution in [3.05, 3.63) is 0 Å². The summed E-state index contributed by atoms with van der Waals surface area (Å²) in [7, 11) is -7.97. The molecule has 0 rings (SSSR count). The van der Waals surface area contributed by atoms with Gasteiger partial charge in [-0.25, -0.2) is 0 Å². The van der Waals surface area contributed by atoms with Gasteiger partial charge in [0.15, 0.2) is 16.1 Å². The zero-order valence-electron chi connectivity index (χ0n) is 7.20. The Labute approximate surface area is 73.1 Å². The summed E-state index contributed by atoms with van der Waals surface area (Å²) >= 11 is 0. The predicted octanol–water partition coefficient (Wildman–Crippen LogP) is 2.44. The zero-order chi connectivity index (χ0) is 9.78. The average Bonchev–Trinajstić information content (AvgIpc) is 1.83. The molecule has 0 spiro atoms. The monoisotopic (exact) mass is 234 g/mol. The van der Waals surface area contributed by atoms with E-state index in [0.717, 1.165) is 0 Å². The molecule has 0 aromatic heterocycles. The van der Waals surface area contributed by atoms with Crippen LogP contribution in [0.1, 0.15) is 6.92 Å². The van der Waals surface area contributed by atoms with E-state index < -0.39 is 23.7 Å². The van der Waals surface area contributed by atoms with Crippen LogP contribution < -0.4 is 0 Å². The van der Waals surface area contributed by atoms with E-state index in [1.165, 1.54) is 13.3 Å². The minimum Gasteiger partial charge on any atom is -0.296 e. The summed E-state index contributed by atoms with van der Waals surface area (Å²) in [5, 5.41) is 0. The normalized spacial score (nSPS) is 21.2. The zero-order valence-corrected chi connectivity index (χ0v) is 10.1. The summed E-state index contributed by atoms with van der Waals surface area (Å²) < 4.78 is 41.9. The van der Waals surface area contributed by atoms with E-state index >= 15 is 0 Å². The Bertz CT molecular complexity index is 217. The second-order valence-corrected chi connectivity index (χ2v) is 7.37. The van der Waals surface area contributed by atoms with Crippen LogP contribution in [0.5, 0.6) is 0 Å². The van der Waals surface area contributed by atoms with Crippen molar-refractivity contribution in [3.8, 4) is 0 Å². The van der Waals surface area contributed by atoms with Crippen molar-refractivity contribution in [2.45, 2.75) is 6.92 Å². The Hall–Kier alpha value is 0.610. The van der Waals surface area contributed by atoms with Crippen LogP contribution in [0, 0.1) is 0 Å². The number of hydrogen-bond donors (Lipinski definition) is 0. The molecular weight excluding hydrogens is 221 g/mol. The van der Waals surface area contributed by atoms with Crippen LogP contribution in [0.2, 0.25) is 0 Å². The van der Waals surface area contributed by atoms with Crippen LogP contribution >= 0.6 is 23.7 Å². The van der Waals surface area contributed by atoms with E-state index in [1.54, 1.807) is 6.92 Å².